The van der Waals surface area contributed by atoms with Crippen molar-refractivity contribution in [1.29, 1.82) is 0 Å². The molecule has 2 aromatic heterocycles. The van der Waals surface area contributed by atoms with Gasteiger partial charge in [-0.1, -0.05) is 78.2 Å². The van der Waals surface area contributed by atoms with Crippen LogP contribution in [-0.2, 0) is 0 Å². The van der Waals surface area contributed by atoms with Gasteiger partial charge >= 0.3 is 5.56 Å². The van der Waals surface area contributed by atoms with Crippen molar-refractivity contribution in [3.8, 4) is 33.5 Å². The molecule has 0 amide bonds. The van der Waals surface area contributed by atoms with Gasteiger partial charge in [0.2, 0.25) is 0 Å². The van der Waals surface area contributed by atoms with Crippen molar-refractivity contribution in [2.24, 2.45) is 0 Å². The quantitative estimate of drug-likeness (QED) is 0.266. The molecule has 1 aliphatic rings. The van der Waals surface area contributed by atoms with Gasteiger partial charge in [0.05, 0.1) is 6.20 Å². The van der Waals surface area contributed by atoms with Crippen LogP contribution in [0.1, 0.15) is 30.7 Å². The van der Waals surface area contributed by atoms with E-state index in [1.165, 1.54) is 29.3 Å². The van der Waals surface area contributed by atoms with Crippen LogP contribution < -0.4 is 5.56 Å². The van der Waals surface area contributed by atoms with E-state index in [4.69, 9.17) is 23.2 Å². The molecule has 0 radical (unpaired) electrons. The highest BCUT2D eigenvalue weighted by Gasteiger charge is 2.21. The first-order chi connectivity index (χ1) is 17.1. The van der Waals surface area contributed by atoms with Gasteiger partial charge in [-0.2, -0.15) is 9.61 Å². The Bertz CT molecular complexity index is 1590. The van der Waals surface area contributed by atoms with Crippen LogP contribution in [0.25, 0.3) is 39.2 Å². The molecule has 5 nitrogen and oxygen atoms in total. The predicted octanol–water partition coefficient (Wildman–Crippen LogP) is 7.06. The first-order valence-electron chi connectivity index (χ1n) is 11.5. The van der Waals surface area contributed by atoms with E-state index in [9.17, 15) is 4.79 Å². The second-order valence-corrected chi connectivity index (χ2v) is 9.66. The molecular formula is C28H20Cl2N4O. The number of rotatable bonds is 4. The second kappa shape index (κ2) is 8.91. The number of fused-ring (bicyclic) bond motifs is 1. The lowest BCUT2D eigenvalue weighted by Crippen LogP contribution is -2.22. The summed E-state index contributed by atoms with van der Waals surface area (Å²) in [5.74, 6) is 0.628. The third-order valence-corrected chi connectivity index (χ3v) is 7.19. The van der Waals surface area contributed by atoms with Crippen LogP contribution in [0.4, 0.5) is 0 Å². The zero-order valence-corrected chi connectivity index (χ0v) is 20.2. The van der Waals surface area contributed by atoms with E-state index in [2.05, 4.69) is 27.4 Å². The minimum atomic E-state index is -0.315. The lowest BCUT2D eigenvalue weighted by molar-refractivity contribution is 0.420. The van der Waals surface area contributed by atoms with Gasteiger partial charge in [0, 0.05) is 26.7 Å². The smallest absolute Gasteiger partial charge is 0.265 e. The summed E-state index contributed by atoms with van der Waals surface area (Å²) in [6.07, 6.45) is 5.42. The highest BCUT2D eigenvalue weighted by molar-refractivity contribution is 6.31. The summed E-state index contributed by atoms with van der Waals surface area (Å²) in [6.45, 7) is 0. The highest BCUT2D eigenvalue weighted by Crippen LogP contribution is 2.37. The van der Waals surface area contributed by atoms with E-state index in [1.807, 2.05) is 60.7 Å². The largest absolute Gasteiger partial charge is 0.301 e. The Morgan fingerprint density at radius 3 is 1.94 bits per heavy atom. The summed E-state index contributed by atoms with van der Waals surface area (Å²) < 4.78 is 1.32. The molecule has 0 bridgehead atoms. The Labute approximate surface area is 212 Å². The van der Waals surface area contributed by atoms with E-state index in [0.717, 1.165) is 27.8 Å². The fourth-order valence-corrected chi connectivity index (χ4v) is 4.78. The van der Waals surface area contributed by atoms with E-state index >= 15 is 0 Å². The number of halogens is 2. The van der Waals surface area contributed by atoms with Crippen LogP contribution in [0.15, 0.2) is 83.8 Å². The van der Waals surface area contributed by atoms with E-state index in [1.54, 1.807) is 6.20 Å². The zero-order chi connectivity index (χ0) is 23.9. The summed E-state index contributed by atoms with van der Waals surface area (Å²) in [4.78, 5) is 13.5. The van der Waals surface area contributed by atoms with Crippen LogP contribution in [0.5, 0.6) is 0 Å². The molecule has 5 aromatic rings. The number of nitrogens with zero attached hydrogens (tertiary/aromatic N) is 4. The third-order valence-electron chi connectivity index (χ3n) is 6.68. The van der Waals surface area contributed by atoms with Gasteiger partial charge < -0.3 is 0 Å². The molecule has 0 unspecified atom stereocenters. The van der Waals surface area contributed by atoms with Crippen molar-refractivity contribution in [2.75, 3.05) is 0 Å². The van der Waals surface area contributed by atoms with Crippen LogP contribution in [0, 0.1) is 0 Å². The molecule has 2 heterocycles. The molecule has 0 saturated heterocycles. The molecule has 6 rings (SSSR count). The molecule has 172 valence electrons. The standard InChI is InChI=1S/C28H20Cl2N4O/c29-22-12-8-19(9-13-22)24-16-31-34-27(25(24)20-10-14-23(30)15-11-20)33-32-26(28(34)35)21-6-4-18(5-7-21)17-2-1-3-17/h4-17H,1-3H2. The summed E-state index contributed by atoms with van der Waals surface area (Å²) in [5.41, 5.74) is 5.69. The van der Waals surface area contributed by atoms with E-state index < -0.39 is 0 Å². The average molecular weight is 499 g/mol. The van der Waals surface area contributed by atoms with E-state index in [0.29, 0.717) is 21.6 Å². The Hall–Kier alpha value is -3.54. The zero-order valence-electron chi connectivity index (χ0n) is 18.7. The number of hydrogen-bond acceptors (Lipinski definition) is 4. The van der Waals surface area contributed by atoms with Crippen molar-refractivity contribution >= 4 is 28.8 Å². The van der Waals surface area contributed by atoms with Crippen molar-refractivity contribution in [2.45, 2.75) is 25.2 Å². The number of benzene rings is 3. The van der Waals surface area contributed by atoms with E-state index in [-0.39, 0.29) is 11.3 Å². The van der Waals surface area contributed by atoms with Crippen LogP contribution in [-0.4, -0.2) is 19.8 Å². The average Bonchev–Trinajstić information content (AvgIpc) is 2.84. The Morgan fingerprint density at radius 2 is 1.34 bits per heavy atom. The fraction of sp³-hybridized carbons (Fsp3) is 0.143. The first kappa shape index (κ1) is 22.0. The fourth-order valence-electron chi connectivity index (χ4n) is 4.53. The molecule has 0 aliphatic heterocycles. The predicted molar refractivity (Wildman–Crippen MR) is 140 cm³/mol. The SMILES string of the molecule is O=c1c(-c2ccc(C3CCC3)cc2)nnc2c(-c3ccc(Cl)cc3)c(-c3ccc(Cl)cc3)cnn12. The number of aromatic nitrogens is 4. The molecule has 0 spiro atoms. The Morgan fingerprint density at radius 1 is 0.743 bits per heavy atom. The molecule has 35 heavy (non-hydrogen) atoms. The van der Waals surface area contributed by atoms with Gasteiger partial charge in [0.15, 0.2) is 11.3 Å². The molecule has 0 atom stereocenters. The lowest BCUT2D eigenvalue weighted by Gasteiger charge is -2.25. The summed E-state index contributed by atoms with van der Waals surface area (Å²) in [5, 5.41) is 14.6. The maximum Gasteiger partial charge on any atom is 0.301 e. The third kappa shape index (κ3) is 4.01. The molecule has 1 fully saturated rings. The Balaban J connectivity index is 1.53. The van der Waals surface area contributed by atoms with Crippen molar-refractivity contribution in [1.82, 2.24) is 19.8 Å². The van der Waals surface area contributed by atoms with Gasteiger partial charge in [-0.25, -0.2) is 0 Å². The van der Waals surface area contributed by atoms with Gasteiger partial charge in [0.25, 0.3) is 0 Å². The van der Waals surface area contributed by atoms with Crippen molar-refractivity contribution in [3.05, 3.63) is 105 Å². The topological polar surface area (TPSA) is 60.2 Å². The van der Waals surface area contributed by atoms with Gasteiger partial charge in [-0.15, -0.1) is 10.2 Å². The molecule has 1 saturated carbocycles. The first-order valence-corrected chi connectivity index (χ1v) is 12.2. The Kier molecular flexibility index (Phi) is 5.59. The lowest BCUT2D eigenvalue weighted by atomic mass is 9.80. The van der Waals surface area contributed by atoms with Gasteiger partial charge in [-0.05, 0) is 59.7 Å². The van der Waals surface area contributed by atoms with Crippen molar-refractivity contribution < 1.29 is 0 Å². The normalized spacial score (nSPS) is 13.7. The highest BCUT2D eigenvalue weighted by atomic mass is 35.5. The molecule has 7 heteroatoms. The maximum atomic E-state index is 13.5. The van der Waals surface area contributed by atoms with Crippen LogP contribution in [0.3, 0.4) is 0 Å². The molecule has 3 aromatic carbocycles. The van der Waals surface area contributed by atoms with Crippen LogP contribution in [0.2, 0.25) is 10.0 Å². The van der Waals surface area contributed by atoms with Gasteiger partial charge in [-0.3, -0.25) is 4.79 Å². The minimum Gasteiger partial charge on any atom is -0.265 e. The van der Waals surface area contributed by atoms with Gasteiger partial charge in [0.1, 0.15) is 0 Å². The summed E-state index contributed by atoms with van der Waals surface area (Å²) >= 11 is 12.2. The monoisotopic (exact) mass is 498 g/mol. The van der Waals surface area contributed by atoms with Crippen LogP contribution >= 0.6 is 23.2 Å². The molecule has 1 aliphatic carbocycles. The summed E-state index contributed by atoms with van der Waals surface area (Å²) in [7, 11) is 0. The molecule has 0 N–H and O–H groups in total. The summed E-state index contributed by atoms with van der Waals surface area (Å²) in [6, 6.07) is 23.0. The number of hydrogen-bond donors (Lipinski definition) is 0. The maximum absolute atomic E-state index is 13.5. The minimum absolute atomic E-state index is 0.274. The molecular weight excluding hydrogens is 479 g/mol. The second-order valence-electron chi connectivity index (χ2n) is 8.79. The van der Waals surface area contributed by atoms with Crippen molar-refractivity contribution in [3.63, 3.8) is 0 Å².